The predicted molar refractivity (Wildman–Crippen MR) is 54.0 cm³/mol. The van der Waals surface area contributed by atoms with Gasteiger partial charge in [0.25, 0.3) is 5.69 Å². The van der Waals surface area contributed by atoms with E-state index in [4.69, 9.17) is 4.74 Å². The fourth-order valence-corrected chi connectivity index (χ4v) is 1.15. The normalized spacial score (nSPS) is 9.67. The van der Waals surface area contributed by atoms with E-state index in [2.05, 4.69) is 0 Å². The van der Waals surface area contributed by atoms with Gasteiger partial charge >= 0.3 is 0 Å². The van der Waals surface area contributed by atoms with Gasteiger partial charge in [0.2, 0.25) is 0 Å². The Balaban J connectivity index is 2.73. The van der Waals surface area contributed by atoms with E-state index >= 15 is 0 Å². The Kier molecular flexibility index (Phi) is 3.79. The first-order chi connectivity index (χ1) is 7.15. The maximum absolute atomic E-state index is 10.5. The number of hydrogen-bond acceptors (Lipinski definition) is 4. The van der Waals surface area contributed by atoms with Crippen LogP contribution in [0.2, 0.25) is 0 Å². The summed E-state index contributed by atoms with van der Waals surface area (Å²) in [4.78, 5) is 20.1. The maximum atomic E-state index is 10.5. The molecule has 80 valence electrons. The van der Waals surface area contributed by atoms with E-state index < -0.39 is 4.92 Å². The molecule has 1 aromatic rings. The SMILES string of the molecule is Cc1cc(OCCC=O)ccc1[N+](=O)[O-]. The molecule has 0 aliphatic carbocycles. The molecule has 0 fully saturated rings. The van der Waals surface area contributed by atoms with Gasteiger partial charge in [0, 0.05) is 18.1 Å². The molecular formula is C10H11NO4. The van der Waals surface area contributed by atoms with Crippen LogP contribution >= 0.6 is 0 Å². The highest BCUT2D eigenvalue weighted by atomic mass is 16.6. The van der Waals surface area contributed by atoms with Crippen molar-refractivity contribution in [3.8, 4) is 5.75 Å². The number of rotatable bonds is 5. The van der Waals surface area contributed by atoms with Crippen LogP contribution in [0.25, 0.3) is 0 Å². The van der Waals surface area contributed by atoms with Gasteiger partial charge in [0.15, 0.2) is 0 Å². The highest BCUT2D eigenvalue weighted by Gasteiger charge is 2.10. The third-order valence-corrected chi connectivity index (χ3v) is 1.87. The highest BCUT2D eigenvalue weighted by molar-refractivity contribution is 5.49. The van der Waals surface area contributed by atoms with E-state index in [0.29, 0.717) is 24.3 Å². The summed E-state index contributed by atoms with van der Waals surface area (Å²) in [7, 11) is 0. The largest absolute Gasteiger partial charge is 0.493 e. The number of carbonyl (C=O) groups excluding carboxylic acids is 1. The molecule has 1 aromatic carbocycles. The van der Waals surface area contributed by atoms with Crippen LogP contribution in [0, 0.1) is 17.0 Å². The van der Waals surface area contributed by atoms with Crippen molar-refractivity contribution in [3.05, 3.63) is 33.9 Å². The van der Waals surface area contributed by atoms with Crippen LogP contribution in [0.15, 0.2) is 18.2 Å². The standard InChI is InChI=1S/C10H11NO4/c1-8-7-9(15-6-2-5-12)3-4-10(8)11(13)14/h3-5,7H,2,6H2,1H3. The van der Waals surface area contributed by atoms with Crippen molar-refractivity contribution < 1.29 is 14.5 Å². The Morgan fingerprint density at radius 1 is 1.53 bits per heavy atom. The van der Waals surface area contributed by atoms with Crippen LogP contribution < -0.4 is 4.74 Å². The third-order valence-electron chi connectivity index (χ3n) is 1.87. The van der Waals surface area contributed by atoms with Crippen molar-refractivity contribution in [2.75, 3.05) is 6.61 Å². The van der Waals surface area contributed by atoms with Gasteiger partial charge in [0.1, 0.15) is 12.0 Å². The summed E-state index contributed by atoms with van der Waals surface area (Å²) < 4.78 is 5.21. The Morgan fingerprint density at radius 2 is 2.27 bits per heavy atom. The summed E-state index contributed by atoms with van der Waals surface area (Å²) in [5.74, 6) is 0.542. The van der Waals surface area contributed by atoms with E-state index in [9.17, 15) is 14.9 Å². The summed E-state index contributed by atoms with van der Waals surface area (Å²) >= 11 is 0. The number of aldehydes is 1. The van der Waals surface area contributed by atoms with Crippen molar-refractivity contribution in [1.29, 1.82) is 0 Å². The second-order valence-electron chi connectivity index (χ2n) is 3.01. The lowest BCUT2D eigenvalue weighted by molar-refractivity contribution is -0.385. The minimum absolute atomic E-state index is 0.0673. The van der Waals surface area contributed by atoms with Crippen LogP contribution in [0.5, 0.6) is 5.75 Å². The average Bonchev–Trinajstić information content (AvgIpc) is 2.17. The molecule has 0 unspecified atom stereocenters. The zero-order valence-electron chi connectivity index (χ0n) is 8.30. The number of nitro groups is 1. The Morgan fingerprint density at radius 3 is 2.80 bits per heavy atom. The first-order valence-electron chi connectivity index (χ1n) is 4.46. The highest BCUT2D eigenvalue weighted by Crippen LogP contribution is 2.22. The second kappa shape index (κ2) is 5.09. The van der Waals surface area contributed by atoms with Crippen molar-refractivity contribution >= 4 is 12.0 Å². The van der Waals surface area contributed by atoms with Crippen molar-refractivity contribution in [3.63, 3.8) is 0 Å². The maximum Gasteiger partial charge on any atom is 0.272 e. The molecule has 5 heteroatoms. The Labute approximate surface area is 86.8 Å². The number of nitrogens with zero attached hydrogens (tertiary/aromatic N) is 1. The first-order valence-corrected chi connectivity index (χ1v) is 4.46. The molecule has 0 spiro atoms. The lowest BCUT2D eigenvalue weighted by atomic mass is 10.2. The molecule has 0 aromatic heterocycles. The van der Waals surface area contributed by atoms with Gasteiger partial charge in [-0.1, -0.05) is 0 Å². The van der Waals surface area contributed by atoms with Gasteiger partial charge < -0.3 is 9.53 Å². The summed E-state index contributed by atoms with van der Waals surface area (Å²) in [6, 6.07) is 4.50. The number of hydrogen-bond donors (Lipinski definition) is 0. The van der Waals surface area contributed by atoms with Gasteiger partial charge in [-0.25, -0.2) is 0 Å². The molecule has 0 bridgehead atoms. The van der Waals surface area contributed by atoms with Crippen LogP contribution in [-0.4, -0.2) is 17.8 Å². The van der Waals surface area contributed by atoms with Crippen LogP contribution in [-0.2, 0) is 4.79 Å². The molecule has 0 N–H and O–H groups in total. The molecular weight excluding hydrogens is 198 g/mol. The van der Waals surface area contributed by atoms with E-state index in [1.807, 2.05) is 0 Å². The molecule has 0 saturated carbocycles. The zero-order valence-corrected chi connectivity index (χ0v) is 8.30. The molecule has 0 radical (unpaired) electrons. The molecule has 0 aliphatic rings. The molecule has 0 heterocycles. The molecule has 5 nitrogen and oxygen atoms in total. The molecule has 0 atom stereocenters. The van der Waals surface area contributed by atoms with Crippen LogP contribution in [0.3, 0.4) is 0 Å². The lowest BCUT2D eigenvalue weighted by Crippen LogP contribution is -1.98. The number of ether oxygens (including phenoxy) is 1. The zero-order chi connectivity index (χ0) is 11.3. The van der Waals surface area contributed by atoms with Gasteiger partial charge in [-0.15, -0.1) is 0 Å². The molecule has 0 saturated heterocycles. The van der Waals surface area contributed by atoms with Crippen molar-refractivity contribution in [1.82, 2.24) is 0 Å². The van der Waals surface area contributed by atoms with Gasteiger partial charge in [-0.2, -0.15) is 0 Å². The average molecular weight is 209 g/mol. The summed E-state index contributed by atoms with van der Waals surface area (Å²) in [6.45, 7) is 1.94. The smallest absolute Gasteiger partial charge is 0.272 e. The molecule has 0 aliphatic heterocycles. The predicted octanol–water partition coefficient (Wildman–Crippen LogP) is 1.87. The Hall–Kier alpha value is -1.91. The molecule has 15 heavy (non-hydrogen) atoms. The van der Waals surface area contributed by atoms with Gasteiger partial charge in [-0.3, -0.25) is 10.1 Å². The summed E-state index contributed by atoms with van der Waals surface area (Å²) in [5.41, 5.74) is 0.612. The molecule has 1 rings (SSSR count). The van der Waals surface area contributed by atoms with Gasteiger partial charge in [-0.05, 0) is 19.1 Å². The van der Waals surface area contributed by atoms with Crippen LogP contribution in [0.1, 0.15) is 12.0 Å². The minimum Gasteiger partial charge on any atom is -0.493 e. The fraction of sp³-hybridized carbons (Fsp3) is 0.300. The minimum atomic E-state index is -0.440. The monoisotopic (exact) mass is 209 g/mol. The van der Waals surface area contributed by atoms with Crippen molar-refractivity contribution in [2.45, 2.75) is 13.3 Å². The number of nitro benzene ring substituents is 1. The number of benzene rings is 1. The number of aryl methyl sites for hydroxylation is 1. The lowest BCUT2D eigenvalue weighted by Gasteiger charge is -2.04. The second-order valence-corrected chi connectivity index (χ2v) is 3.01. The topological polar surface area (TPSA) is 69.4 Å². The number of carbonyl (C=O) groups is 1. The quantitative estimate of drug-likeness (QED) is 0.321. The summed E-state index contributed by atoms with van der Waals surface area (Å²) in [6.07, 6.45) is 1.08. The molecule has 0 amide bonds. The fourth-order valence-electron chi connectivity index (χ4n) is 1.15. The van der Waals surface area contributed by atoms with Crippen molar-refractivity contribution in [2.24, 2.45) is 0 Å². The van der Waals surface area contributed by atoms with E-state index in [0.717, 1.165) is 6.29 Å². The van der Waals surface area contributed by atoms with E-state index in [-0.39, 0.29) is 5.69 Å². The Bertz CT molecular complexity index is 376. The van der Waals surface area contributed by atoms with Gasteiger partial charge in [0.05, 0.1) is 11.5 Å². The summed E-state index contributed by atoms with van der Waals surface area (Å²) in [5, 5.41) is 10.5. The van der Waals surface area contributed by atoms with E-state index in [1.54, 1.807) is 13.0 Å². The van der Waals surface area contributed by atoms with Crippen LogP contribution in [0.4, 0.5) is 5.69 Å². The third kappa shape index (κ3) is 3.05. The van der Waals surface area contributed by atoms with E-state index in [1.165, 1.54) is 12.1 Å². The first kappa shape index (κ1) is 11.2.